The van der Waals surface area contributed by atoms with Crippen LogP contribution in [-0.4, -0.2) is 57.0 Å². The van der Waals surface area contributed by atoms with Crippen LogP contribution < -0.4 is 5.32 Å². The van der Waals surface area contributed by atoms with Gasteiger partial charge in [-0.15, -0.1) is 0 Å². The lowest BCUT2D eigenvalue weighted by Crippen LogP contribution is -2.41. The van der Waals surface area contributed by atoms with Crippen molar-refractivity contribution in [1.29, 1.82) is 0 Å². The van der Waals surface area contributed by atoms with E-state index in [9.17, 15) is 8.42 Å². The summed E-state index contributed by atoms with van der Waals surface area (Å²) in [6, 6.07) is 0.982. The number of hydrogen-bond donors (Lipinski definition) is 1. The molecule has 1 aliphatic rings. The first-order chi connectivity index (χ1) is 7.42. The Morgan fingerprint density at radius 3 is 2.69 bits per heavy atom. The van der Waals surface area contributed by atoms with Gasteiger partial charge in [-0.3, -0.25) is 4.90 Å². The molecule has 1 saturated heterocycles. The summed E-state index contributed by atoms with van der Waals surface area (Å²) in [5.74, 6) is 0.272. The van der Waals surface area contributed by atoms with Crippen molar-refractivity contribution in [2.75, 3.05) is 31.6 Å². The van der Waals surface area contributed by atoms with Gasteiger partial charge in [0.1, 0.15) is 9.84 Å². The van der Waals surface area contributed by atoms with Crippen LogP contribution >= 0.6 is 0 Å². The summed E-state index contributed by atoms with van der Waals surface area (Å²) < 4.78 is 22.4. The summed E-state index contributed by atoms with van der Waals surface area (Å²) in [5, 5.41) is 3.50. The molecule has 4 nitrogen and oxygen atoms in total. The van der Waals surface area contributed by atoms with E-state index in [-0.39, 0.29) is 5.75 Å². The molecule has 5 heteroatoms. The van der Waals surface area contributed by atoms with Crippen molar-refractivity contribution in [2.45, 2.75) is 38.8 Å². The lowest BCUT2D eigenvalue weighted by molar-refractivity contribution is 0.215. The second kappa shape index (κ2) is 5.98. The number of nitrogens with zero attached hydrogens (tertiary/aromatic N) is 1. The van der Waals surface area contributed by atoms with Crippen LogP contribution in [0.4, 0.5) is 0 Å². The largest absolute Gasteiger partial charge is 0.313 e. The van der Waals surface area contributed by atoms with Crippen LogP contribution in [0, 0.1) is 0 Å². The summed E-state index contributed by atoms with van der Waals surface area (Å²) in [5.41, 5.74) is 0. The van der Waals surface area contributed by atoms with Gasteiger partial charge in [-0.2, -0.15) is 0 Å². The zero-order chi connectivity index (χ0) is 12.2. The summed E-state index contributed by atoms with van der Waals surface area (Å²) in [4.78, 5) is 2.30. The van der Waals surface area contributed by atoms with E-state index in [4.69, 9.17) is 0 Å². The van der Waals surface area contributed by atoms with E-state index in [1.165, 1.54) is 6.26 Å². The normalized spacial score (nSPS) is 28.9. The van der Waals surface area contributed by atoms with Gasteiger partial charge >= 0.3 is 0 Å². The minimum Gasteiger partial charge on any atom is -0.313 e. The third-order valence-electron chi connectivity index (χ3n) is 3.32. The number of rotatable bonds is 4. The van der Waals surface area contributed by atoms with Crippen LogP contribution in [0.3, 0.4) is 0 Å². The van der Waals surface area contributed by atoms with Crippen LogP contribution in [0.5, 0.6) is 0 Å². The van der Waals surface area contributed by atoms with Gasteiger partial charge in [-0.05, 0) is 26.3 Å². The Kier molecular flexibility index (Phi) is 5.21. The molecule has 1 aliphatic heterocycles. The van der Waals surface area contributed by atoms with E-state index in [1.54, 1.807) is 0 Å². The molecule has 0 radical (unpaired) electrons. The van der Waals surface area contributed by atoms with E-state index < -0.39 is 9.84 Å². The Labute approximate surface area is 99.3 Å². The van der Waals surface area contributed by atoms with Crippen molar-refractivity contribution < 1.29 is 8.42 Å². The van der Waals surface area contributed by atoms with E-state index >= 15 is 0 Å². The molecule has 96 valence electrons. The summed E-state index contributed by atoms with van der Waals surface area (Å²) in [7, 11) is -2.85. The third kappa shape index (κ3) is 4.80. The average Bonchev–Trinajstić information content (AvgIpc) is 2.36. The van der Waals surface area contributed by atoms with E-state index in [0.29, 0.717) is 18.6 Å². The van der Waals surface area contributed by atoms with Gasteiger partial charge in [-0.25, -0.2) is 8.42 Å². The monoisotopic (exact) mass is 248 g/mol. The minimum absolute atomic E-state index is 0.272. The Bertz CT molecular complexity index is 303. The van der Waals surface area contributed by atoms with Gasteiger partial charge in [0.15, 0.2) is 0 Å². The first-order valence-electron chi connectivity index (χ1n) is 6.07. The van der Waals surface area contributed by atoms with E-state index in [0.717, 1.165) is 25.9 Å². The molecular formula is C11H24N2O2S. The molecule has 16 heavy (non-hydrogen) atoms. The third-order valence-corrected chi connectivity index (χ3v) is 4.24. The second-order valence-corrected chi connectivity index (χ2v) is 7.08. The summed E-state index contributed by atoms with van der Waals surface area (Å²) >= 11 is 0. The second-order valence-electron chi connectivity index (χ2n) is 4.82. The fourth-order valence-electron chi connectivity index (χ4n) is 2.07. The molecule has 2 atom stereocenters. The smallest absolute Gasteiger partial charge is 0.148 e. The fourth-order valence-corrected chi connectivity index (χ4v) is 2.64. The zero-order valence-electron chi connectivity index (χ0n) is 10.6. The molecule has 1 N–H and O–H groups in total. The van der Waals surface area contributed by atoms with Crippen LogP contribution in [0.15, 0.2) is 0 Å². The lowest BCUT2D eigenvalue weighted by atomic mass is 10.2. The molecular weight excluding hydrogens is 224 g/mol. The standard InChI is InChI=1S/C11H24N2O2S/c1-4-11-9-13(7-8-16(3,14)15)10(2)5-6-12-11/h10-12H,4-9H2,1-3H3. The predicted molar refractivity (Wildman–Crippen MR) is 67.4 cm³/mol. The van der Waals surface area contributed by atoms with Crippen molar-refractivity contribution in [3.05, 3.63) is 0 Å². The first kappa shape index (κ1) is 13.9. The predicted octanol–water partition coefficient (Wildman–Crippen LogP) is 0.493. The molecule has 1 fully saturated rings. The van der Waals surface area contributed by atoms with Crippen molar-refractivity contribution in [3.63, 3.8) is 0 Å². The van der Waals surface area contributed by atoms with E-state index in [1.807, 2.05) is 0 Å². The topological polar surface area (TPSA) is 49.4 Å². The molecule has 0 bridgehead atoms. The van der Waals surface area contributed by atoms with Crippen molar-refractivity contribution in [3.8, 4) is 0 Å². The first-order valence-corrected chi connectivity index (χ1v) is 8.13. The minimum atomic E-state index is -2.85. The molecule has 0 aromatic carbocycles. The molecule has 0 saturated carbocycles. The highest BCUT2D eigenvalue weighted by Gasteiger charge is 2.22. The molecule has 0 spiro atoms. The number of sulfone groups is 1. The van der Waals surface area contributed by atoms with Crippen LogP contribution in [0.2, 0.25) is 0 Å². The average molecular weight is 248 g/mol. The van der Waals surface area contributed by atoms with Gasteiger partial charge in [0.05, 0.1) is 5.75 Å². The Hall–Kier alpha value is -0.130. The molecule has 1 rings (SSSR count). The van der Waals surface area contributed by atoms with Gasteiger partial charge in [0, 0.05) is 31.4 Å². The molecule has 0 aromatic heterocycles. The quantitative estimate of drug-likeness (QED) is 0.787. The maximum atomic E-state index is 11.2. The van der Waals surface area contributed by atoms with Gasteiger partial charge in [0.25, 0.3) is 0 Å². The molecule has 0 amide bonds. The van der Waals surface area contributed by atoms with Gasteiger partial charge in [-0.1, -0.05) is 6.92 Å². The fraction of sp³-hybridized carbons (Fsp3) is 1.00. The Morgan fingerprint density at radius 2 is 2.12 bits per heavy atom. The van der Waals surface area contributed by atoms with Crippen molar-refractivity contribution in [1.82, 2.24) is 10.2 Å². The summed E-state index contributed by atoms with van der Waals surface area (Å²) in [6.07, 6.45) is 3.51. The van der Waals surface area contributed by atoms with Crippen LogP contribution in [0.25, 0.3) is 0 Å². The summed E-state index contributed by atoms with van der Waals surface area (Å²) in [6.45, 7) is 7.02. The van der Waals surface area contributed by atoms with Crippen LogP contribution in [0.1, 0.15) is 26.7 Å². The van der Waals surface area contributed by atoms with Crippen molar-refractivity contribution in [2.24, 2.45) is 0 Å². The maximum absolute atomic E-state index is 11.2. The number of hydrogen-bond acceptors (Lipinski definition) is 4. The molecule has 0 aliphatic carbocycles. The Balaban J connectivity index is 2.53. The lowest BCUT2D eigenvalue weighted by Gasteiger charge is -2.28. The van der Waals surface area contributed by atoms with Gasteiger partial charge < -0.3 is 5.32 Å². The van der Waals surface area contributed by atoms with Gasteiger partial charge in [0.2, 0.25) is 0 Å². The highest BCUT2D eigenvalue weighted by molar-refractivity contribution is 7.90. The molecule has 0 aromatic rings. The maximum Gasteiger partial charge on any atom is 0.148 e. The molecule has 1 heterocycles. The van der Waals surface area contributed by atoms with E-state index in [2.05, 4.69) is 24.1 Å². The van der Waals surface area contributed by atoms with Crippen molar-refractivity contribution >= 4 is 9.84 Å². The van der Waals surface area contributed by atoms with Crippen LogP contribution in [-0.2, 0) is 9.84 Å². The zero-order valence-corrected chi connectivity index (χ0v) is 11.4. The number of nitrogens with one attached hydrogen (secondary N) is 1. The highest BCUT2D eigenvalue weighted by atomic mass is 32.2. The highest BCUT2D eigenvalue weighted by Crippen LogP contribution is 2.10. The Morgan fingerprint density at radius 1 is 1.44 bits per heavy atom. The SMILES string of the molecule is CCC1CN(CCS(C)(=O)=O)C(C)CCN1. The molecule has 2 unspecified atom stereocenters.